The van der Waals surface area contributed by atoms with E-state index >= 15 is 0 Å². The molecule has 1 heterocycles. The summed E-state index contributed by atoms with van der Waals surface area (Å²) in [6.45, 7) is 3.04. The fourth-order valence-electron chi connectivity index (χ4n) is 2.06. The van der Waals surface area contributed by atoms with Crippen LogP contribution in [0.2, 0.25) is 0 Å². The number of pyridine rings is 1. The quantitative estimate of drug-likeness (QED) is 0.839. The van der Waals surface area contributed by atoms with Crippen molar-refractivity contribution < 1.29 is 4.74 Å². The maximum Gasteiger partial charge on any atom is 0.118 e. The maximum atomic E-state index is 5.16. The highest BCUT2D eigenvalue weighted by Crippen LogP contribution is 2.13. The van der Waals surface area contributed by atoms with Gasteiger partial charge in [-0.05, 0) is 49.6 Å². The third-order valence-corrected chi connectivity index (χ3v) is 3.38. The fraction of sp³-hybridized carbons (Fsp3) is 0.353. The number of aromatic nitrogens is 1. The van der Waals surface area contributed by atoms with Gasteiger partial charge in [-0.3, -0.25) is 4.98 Å². The molecule has 0 fully saturated rings. The van der Waals surface area contributed by atoms with E-state index in [1.165, 1.54) is 5.56 Å². The Morgan fingerprint density at radius 2 is 1.95 bits per heavy atom. The van der Waals surface area contributed by atoms with Gasteiger partial charge in [0.15, 0.2) is 0 Å². The molecule has 1 N–H and O–H groups in total. The largest absolute Gasteiger partial charge is 0.497 e. The molecule has 0 saturated heterocycles. The Bertz CT molecular complexity index is 496. The van der Waals surface area contributed by atoms with Gasteiger partial charge in [0.2, 0.25) is 0 Å². The summed E-state index contributed by atoms with van der Waals surface area (Å²) in [5.41, 5.74) is 2.43. The molecule has 2 aromatic rings. The van der Waals surface area contributed by atoms with Crippen LogP contribution < -0.4 is 10.1 Å². The minimum atomic E-state index is 0.471. The number of benzene rings is 1. The average molecular weight is 270 g/mol. The third kappa shape index (κ3) is 4.67. The van der Waals surface area contributed by atoms with Crippen LogP contribution in [0.4, 0.5) is 0 Å². The van der Waals surface area contributed by atoms with E-state index in [1.54, 1.807) is 7.11 Å². The molecule has 0 saturated carbocycles. The Hall–Kier alpha value is -1.87. The number of rotatable bonds is 7. The van der Waals surface area contributed by atoms with Crippen molar-refractivity contribution in [1.82, 2.24) is 10.3 Å². The molecule has 3 heteroatoms. The number of ether oxygens (including phenoxy) is 1. The molecule has 0 aliphatic heterocycles. The first-order valence-corrected chi connectivity index (χ1v) is 7.04. The summed E-state index contributed by atoms with van der Waals surface area (Å²) in [6, 6.07) is 14.8. The van der Waals surface area contributed by atoms with Crippen LogP contribution in [-0.4, -0.2) is 18.1 Å². The van der Waals surface area contributed by atoms with E-state index in [-0.39, 0.29) is 0 Å². The number of hydrogen-bond acceptors (Lipinski definition) is 3. The summed E-state index contributed by atoms with van der Waals surface area (Å²) in [6.07, 6.45) is 4.01. The van der Waals surface area contributed by atoms with Gasteiger partial charge < -0.3 is 10.1 Å². The van der Waals surface area contributed by atoms with Gasteiger partial charge in [0.25, 0.3) is 0 Å². The summed E-state index contributed by atoms with van der Waals surface area (Å²) < 4.78 is 5.16. The van der Waals surface area contributed by atoms with Crippen molar-refractivity contribution in [3.8, 4) is 5.75 Å². The summed E-state index contributed by atoms with van der Waals surface area (Å²) >= 11 is 0. The van der Waals surface area contributed by atoms with Crippen LogP contribution in [0.25, 0.3) is 0 Å². The molecule has 106 valence electrons. The van der Waals surface area contributed by atoms with E-state index in [1.807, 2.05) is 36.5 Å². The SMILES string of the molecule is COc1ccc(CCC(C)NCc2ccccn2)cc1. The van der Waals surface area contributed by atoms with Crippen molar-refractivity contribution in [3.05, 3.63) is 59.9 Å². The molecule has 1 aromatic carbocycles. The van der Waals surface area contributed by atoms with Crippen molar-refractivity contribution in [2.45, 2.75) is 32.4 Å². The van der Waals surface area contributed by atoms with Gasteiger partial charge >= 0.3 is 0 Å². The lowest BCUT2D eigenvalue weighted by Gasteiger charge is -2.13. The van der Waals surface area contributed by atoms with Gasteiger partial charge in [-0.2, -0.15) is 0 Å². The minimum absolute atomic E-state index is 0.471. The molecule has 3 nitrogen and oxygen atoms in total. The second kappa shape index (κ2) is 7.65. The maximum absolute atomic E-state index is 5.16. The van der Waals surface area contributed by atoms with E-state index < -0.39 is 0 Å². The van der Waals surface area contributed by atoms with Gasteiger partial charge in [0.05, 0.1) is 12.8 Å². The number of nitrogens with zero attached hydrogens (tertiary/aromatic N) is 1. The minimum Gasteiger partial charge on any atom is -0.497 e. The van der Waals surface area contributed by atoms with Crippen LogP contribution in [0.3, 0.4) is 0 Å². The molecule has 0 radical (unpaired) electrons. The Labute approximate surface area is 121 Å². The van der Waals surface area contributed by atoms with E-state index in [9.17, 15) is 0 Å². The fourth-order valence-corrected chi connectivity index (χ4v) is 2.06. The Balaban J connectivity index is 1.73. The van der Waals surface area contributed by atoms with Crippen LogP contribution in [0.5, 0.6) is 5.75 Å². The molecule has 1 unspecified atom stereocenters. The summed E-state index contributed by atoms with van der Waals surface area (Å²) in [7, 11) is 1.69. The van der Waals surface area contributed by atoms with Gasteiger partial charge in [0.1, 0.15) is 5.75 Å². The first-order valence-electron chi connectivity index (χ1n) is 7.04. The summed E-state index contributed by atoms with van der Waals surface area (Å²) in [5.74, 6) is 0.912. The molecule has 1 atom stereocenters. The zero-order valence-corrected chi connectivity index (χ0v) is 12.2. The number of methoxy groups -OCH3 is 1. The highest BCUT2D eigenvalue weighted by Gasteiger charge is 2.03. The van der Waals surface area contributed by atoms with Gasteiger partial charge in [-0.25, -0.2) is 0 Å². The molecule has 0 aliphatic carbocycles. The molecular formula is C17H22N2O. The molecule has 2 rings (SSSR count). The first-order chi connectivity index (χ1) is 9.78. The second-order valence-electron chi connectivity index (χ2n) is 4.99. The molecule has 0 aliphatic rings. The molecular weight excluding hydrogens is 248 g/mol. The van der Waals surface area contributed by atoms with E-state index in [0.29, 0.717) is 6.04 Å². The van der Waals surface area contributed by atoms with E-state index in [4.69, 9.17) is 4.74 Å². The van der Waals surface area contributed by atoms with Crippen LogP contribution in [-0.2, 0) is 13.0 Å². The lowest BCUT2D eigenvalue weighted by Crippen LogP contribution is -2.26. The van der Waals surface area contributed by atoms with Crippen molar-refractivity contribution >= 4 is 0 Å². The molecule has 0 bridgehead atoms. The van der Waals surface area contributed by atoms with Crippen LogP contribution in [0, 0.1) is 0 Å². The monoisotopic (exact) mass is 270 g/mol. The zero-order valence-electron chi connectivity index (χ0n) is 12.2. The molecule has 0 amide bonds. The number of aryl methyl sites for hydroxylation is 1. The lowest BCUT2D eigenvalue weighted by atomic mass is 10.1. The highest BCUT2D eigenvalue weighted by atomic mass is 16.5. The van der Waals surface area contributed by atoms with Crippen molar-refractivity contribution in [1.29, 1.82) is 0 Å². The smallest absolute Gasteiger partial charge is 0.118 e. The predicted octanol–water partition coefficient (Wildman–Crippen LogP) is 3.20. The van der Waals surface area contributed by atoms with E-state index in [2.05, 4.69) is 29.4 Å². The second-order valence-corrected chi connectivity index (χ2v) is 4.99. The summed E-state index contributed by atoms with van der Waals surface area (Å²) in [5, 5.41) is 3.50. The lowest BCUT2D eigenvalue weighted by molar-refractivity contribution is 0.414. The summed E-state index contributed by atoms with van der Waals surface area (Å²) in [4.78, 5) is 4.31. The Morgan fingerprint density at radius 3 is 2.60 bits per heavy atom. The van der Waals surface area contributed by atoms with Crippen LogP contribution in [0.1, 0.15) is 24.6 Å². The molecule has 0 spiro atoms. The normalized spacial score (nSPS) is 12.1. The van der Waals surface area contributed by atoms with Crippen molar-refractivity contribution in [3.63, 3.8) is 0 Å². The van der Waals surface area contributed by atoms with Crippen LogP contribution in [0.15, 0.2) is 48.7 Å². The highest BCUT2D eigenvalue weighted by molar-refractivity contribution is 5.27. The van der Waals surface area contributed by atoms with Crippen molar-refractivity contribution in [2.75, 3.05) is 7.11 Å². The van der Waals surface area contributed by atoms with Crippen molar-refractivity contribution in [2.24, 2.45) is 0 Å². The molecule has 1 aromatic heterocycles. The topological polar surface area (TPSA) is 34.1 Å². The molecule has 20 heavy (non-hydrogen) atoms. The van der Waals surface area contributed by atoms with E-state index in [0.717, 1.165) is 30.8 Å². The third-order valence-electron chi connectivity index (χ3n) is 3.38. The van der Waals surface area contributed by atoms with Crippen LogP contribution >= 0.6 is 0 Å². The zero-order chi connectivity index (χ0) is 14.2. The van der Waals surface area contributed by atoms with Gasteiger partial charge in [-0.1, -0.05) is 18.2 Å². The predicted molar refractivity (Wildman–Crippen MR) is 81.9 cm³/mol. The van der Waals surface area contributed by atoms with Gasteiger partial charge in [0, 0.05) is 18.8 Å². The standard InChI is InChI=1S/C17H22N2O/c1-14(19-13-16-5-3-4-12-18-16)6-7-15-8-10-17(20-2)11-9-15/h3-5,8-12,14,19H,6-7,13H2,1-2H3. The Kier molecular flexibility index (Phi) is 5.56. The Morgan fingerprint density at radius 1 is 1.15 bits per heavy atom. The number of nitrogens with one attached hydrogen (secondary N) is 1. The number of hydrogen-bond donors (Lipinski definition) is 1. The average Bonchev–Trinajstić information content (AvgIpc) is 2.52. The van der Waals surface area contributed by atoms with Gasteiger partial charge in [-0.15, -0.1) is 0 Å². The first kappa shape index (κ1) is 14.5.